The number of aliphatic carboxylic acids is 1. The van der Waals surface area contributed by atoms with E-state index in [1.165, 1.54) is 12.1 Å². The summed E-state index contributed by atoms with van der Waals surface area (Å²) < 4.78 is 129. The van der Waals surface area contributed by atoms with Gasteiger partial charge in [-0.1, -0.05) is 58.0 Å². The SMILES string of the molecule is CC1(C)C(=CC=C2CCC/C(=C\C=C3/N(CCCS(=O)(=O)O)c4ccc(S(=O)(=O)O)cc4C3(C)C)C2=[N+]2CCC(C(=O)O)CC2)N(CCCS(=O)(=O)[O-])c2ccccc21.O=S(=O)=O. The molecule has 0 radical (unpaired) electrons. The van der Waals surface area contributed by atoms with Crippen molar-refractivity contribution in [2.24, 2.45) is 5.92 Å². The normalized spacial score (nSPS) is 22.3. The zero-order valence-corrected chi connectivity index (χ0v) is 38.7. The highest BCUT2D eigenvalue weighted by Gasteiger charge is 2.42. The highest BCUT2D eigenvalue weighted by Crippen LogP contribution is 2.50. The quantitative estimate of drug-likeness (QED) is 0.191. The Morgan fingerprint density at radius 2 is 1.27 bits per heavy atom. The number of nitrogens with zero attached hydrogens (tertiary/aromatic N) is 3. The van der Waals surface area contributed by atoms with Gasteiger partial charge < -0.3 is 19.5 Å². The van der Waals surface area contributed by atoms with E-state index < -0.39 is 75.2 Å². The molecule has 0 aromatic heterocycles. The van der Waals surface area contributed by atoms with Gasteiger partial charge in [0.1, 0.15) is 13.1 Å². The number of carboxylic acids is 1. The third-order valence-electron chi connectivity index (χ3n) is 12.1. The fourth-order valence-electron chi connectivity index (χ4n) is 9.09. The van der Waals surface area contributed by atoms with Gasteiger partial charge in [-0.3, -0.25) is 13.9 Å². The Balaban J connectivity index is 0.00000179. The van der Waals surface area contributed by atoms with Gasteiger partial charge in [0.2, 0.25) is 5.71 Å². The lowest BCUT2D eigenvalue weighted by atomic mass is 9.82. The van der Waals surface area contributed by atoms with Crippen molar-refractivity contribution in [2.75, 3.05) is 47.5 Å². The minimum atomic E-state index is -4.52. The molecule has 344 valence electrons. The van der Waals surface area contributed by atoms with E-state index in [0.717, 1.165) is 52.3 Å². The van der Waals surface area contributed by atoms with Crippen LogP contribution in [-0.2, 0) is 56.6 Å². The van der Waals surface area contributed by atoms with Crippen molar-refractivity contribution in [3.05, 3.63) is 100 Å². The highest BCUT2D eigenvalue weighted by molar-refractivity contribution is 7.86. The van der Waals surface area contributed by atoms with Gasteiger partial charge in [0.15, 0.2) is 0 Å². The zero-order valence-electron chi connectivity index (χ0n) is 35.4. The van der Waals surface area contributed by atoms with Crippen LogP contribution < -0.4 is 9.80 Å². The fourth-order valence-corrected chi connectivity index (χ4v) is 10.6. The first-order chi connectivity index (χ1) is 29.2. The second kappa shape index (κ2) is 19.3. The lowest BCUT2D eigenvalue weighted by molar-refractivity contribution is -0.539. The maximum Gasteiger partial charge on any atom is 0.425 e. The van der Waals surface area contributed by atoms with Crippen LogP contribution in [0.25, 0.3) is 0 Å². The van der Waals surface area contributed by atoms with Gasteiger partial charge in [-0.2, -0.15) is 16.8 Å². The molecule has 0 unspecified atom stereocenters. The van der Waals surface area contributed by atoms with Crippen LogP contribution in [0.1, 0.15) is 83.8 Å². The minimum Gasteiger partial charge on any atom is -0.748 e. The van der Waals surface area contributed by atoms with Crippen LogP contribution in [-0.4, -0.2) is 111 Å². The summed E-state index contributed by atoms with van der Waals surface area (Å²) in [7, 11) is -16.3. The summed E-state index contributed by atoms with van der Waals surface area (Å²) in [6, 6.07) is 12.3. The van der Waals surface area contributed by atoms with Crippen LogP contribution in [0.5, 0.6) is 0 Å². The molecule has 17 nitrogen and oxygen atoms in total. The molecule has 6 rings (SSSR count). The number of hydrogen-bond acceptors (Lipinski definition) is 13. The summed E-state index contributed by atoms with van der Waals surface area (Å²) in [5.74, 6) is -2.22. The number of allylic oxidation sites excluding steroid dienone is 8. The summed E-state index contributed by atoms with van der Waals surface area (Å²) in [5, 5.41) is 9.80. The number of carboxylic acid groups (broad SMARTS) is 1. The number of hydrogen-bond donors (Lipinski definition) is 3. The van der Waals surface area contributed by atoms with Crippen LogP contribution in [0.4, 0.5) is 11.4 Å². The number of benzene rings is 2. The van der Waals surface area contributed by atoms with E-state index in [1.54, 1.807) is 6.07 Å². The molecule has 2 fully saturated rings. The topological polar surface area (TPSA) is 264 Å². The highest BCUT2D eigenvalue weighted by atomic mass is 32.2. The van der Waals surface area contributed by atoms with Gasteiger partial charge >= 0.3 is 16.6 Å². The number of rotatable bonds is 12. The molecule has 0 spiro atoms. The van der Waals surface area contributed by atoms with Crippen LogP contribution in [0.2, 0.25) is 0 Å². The van der Waals surface area contributed by atoms with Crippen LogP contribution in [0.15, 0.2) is 94.2 Å². The number of piperidine rings is 1. The van der Waals surface area contributed by atoms with Crippen molar-refractivity contribution in [1.82, 2.24) is 0 Å². The molecule has 1 saturated carbocycles. The second-order valence-electron chi connectivity index (χ2n) is 17.0. The molecule has 2 aromatic rings. The second-order valence-corrected chi connectivity index (χ2v) is 21.9. The largest absolute Gasteiger partial charge is 0.748 e. The van der Waals surface area contributed by atoms with Crippen molar-refractivity contribution in [3.63, 3.8) is 0 Å². The van der Waals surface area contributed by atoms with Gasteiger partial charge in [0, 0.05) is 76.4 Å². The van der Waals surface area contributed by atoms with E-state index in [1.807, 2.05) is 49.1 Å². The Bertz CT molecular complexity index is 2740. The van der Waals surface area contributed by atoms with Gasteiger partial charge in [-0.05, 0) is 79.6 Å². The molecule has 1 aliphatic carbocycles. The number of carbonyl (C=O) groups is 1. The van der Waals surface area contributed by atoms with Crippen molar-refractivity contribution < 1.29 is 66.0 Å². The number of anilines is 2. The molecule has 0 amide bonds. The molecular formula is C42H53N3O14S4. The van der Waals surface area contributed by atoms with Crippen molar-refractivity contribution in [2.45, 2.75) is 88.4 Å². The minimum absolute atomic E-state index is 0.0870. The average molecular weight is 952 g/mol. The van der Waals surface area contributed by atoms with E-state index in [2.05, 4.69) is 41.5 Å². The number of para-hydroxylation sites is 1. The maximum absolute atomic E-state index is 12.2. The molecule has 3 aliphatic heterocycles. The summed E-state index contributed by atoms with van der Waals surface area (Å²) in [4.78, 5) is 15.7. The van der Waals surface area contributed by atoms with E-state index in [9.17, 15) is 48.8 Å². The predicted octanol–water partition coefficient (Wildman–Crippen LogP) is 4.79. The Labute approximate surface area is 370 Å². The van der Waals surface area contributed by atoms with Crippen LogP contribution >= 0.6 is 0 Å². The van der Waals surface area contributed by atoms with E-state index in [0.29, 0.717) is 50.1 Å². The smallest absolute Gasteiger partial charge is 0.425 e. The molecule has 3 N–H and O–H groups in total. The first-order valence-electron chi connectivity index (χ1n) is 20.3. The van der Waals surface area contributed by atoms with Crippen molar-refractivity contribution >= 4 is 64.0 Å². The van der Waals surface area contributed by atoms with Gasteiger partial charge in [-0.25, -0.2) is 13.0 Å². The van der Waals surface area contributed by atoms with E-state index >= 15 is 0 Å². The van der Waals surface area contributed by atoms with Gasteiger partial charge in [0.25, 0.3) is 20.2 Å². The zero-order chi connectivity index (χ0) is 46.7. The Morgan fingerprint density at radius 1 is 0.778 bits per heavy atom. The summed E-state index contributed by atoms with van der Waals surface area (Å²) in [6.45, 7) is 9.65. The third-order valence-corrected chi connectivity index (χ3v) is 14.5. The van der Waals surface area contributed by atoms with Gasteiger partial charge in [-0.15, -0.1) is 12.6 Å². The van der Waals surface area contributed by atoms with Crippen LogP contribution in [0, 0.1) is 5.92 Å². The van der Waals surface area contributed by atoms with Crippen LogP contribution in [0.3, 0.4) is 0 Å². The molecule has 4 aliphatic rings. The Hall–Kier alpha value is -4.51. The van der Waals surface area contributed by atoms with E-state index in [-0.39, 0.29) is 24.3 Å². The molecular weight excluding hydrogens is 899 g/mol. The summed E-state index contributed by atoms with van der Waals surface area (Å²) in [5.41, 5.74) is 6.82. The summed E-state index contributed by atoms with van der Waals surface area (Å²) in [6.07, 6.45) is 11.6. The first-order valence-corrected chi connectivity index (χ1v) is 25.9. The first kappa shape index (κ1) is 49.5. The number of fused-ring (bicyclic) bond motifs is 2. The fraction of sp³-hybridized carbons (Fsp3) is 0.476. The monoisotopic (exact) mass is 951 g/mol. The molecule has 63 heavy (non-hydrogen) atoms. The van der Waals surface area contributed by atoms with Gasteiger partial charge in [0.05, 0.1) is 26.7 Å². The Kier molecular flexibility index (Phi) is 15.2. The average Bonchev–Trinajstić information content (AvgIpc) is 3.52. The van der Waals surface area contributed by atoms with Crippen molar-refractivity contribution in [1.29, 1.82) is 0 Å². The Morgan fingerprint density at radius 3 is 1.76 bits per heavy atom. The molecule has 1 saturated heterocycles. The standard InChI is InChI=1S/C42H53N3O11S3.O3S/c1-41(2)33-12-5-6-13-35(33)44(22-8-26-57(48,49)50)37(41)18-14-29-10-7-11-30(39(29)43-24-20-31(21-25-43)40(46)47)15-19-38-42(3,4)34-28-32(59(54,55)56)16-17-36(34)45(38)23-9-27-58(51,52)53;1-4(2)3/h5-6,12-19,28,31H,7-11,20-27H2,1-4H3,(H3-,46,47,48,49,50,51,52,53,54,55,56);. The maximum atomic E-state index is 12.2. The molecule has 21 heteroatoms. The van der Waals surface area contributed by atoms with E-state index in [4.69, 9.17) is 12.6 Å². The predicted molar refractivity (Wildman–Crippen MR) is 235 cm³/mol. The molecule has 2 aromatic carbocycles. The molecule has 0 atom stereocenters. The summed E-state index contributed by atoms with van der Waals surface area (Å²) >= 11 is 0. The lowest BCUT2D eigenvalue weighted by Crippen LogP contribution is -2.36. The third kappa shape index (κ3) is 12.0. The molecule has 3 heterocycles. The lowest BCUT2D eigenvalue weighted by Gasteiger charge is -2.28. The van der Waals surface area contributed by atoms with Crippen molar-refractivity contribution in [3.8, 4) is 0 Å². The molecule has 0 bridgehead atoms.